The number of hydrogen-bond acceptors (Lipinski definition) is 7. The molecule has 0 saturated carbocycles. The molecular formula is C18H22N4O3. The van der Waals surface area contributed by atoms with Crippen molar-refractivity contribution in [1.82, 2.24) is 9.97 Å². The van der Waals surface area contributed by atoms with Crippen molar-refractivity contribution in [1.29, 1.82) is 0 Å². The molecule has 4 rings (SSSR count). The van der Waals surface area contributed by atoms with E-state index in [0.717, 1.165) is 43.2 Å². The third-order valence-corrected chi connectivity index (χ3v) is 4.63. The first-order valence-electron chi connectivity index (χ1n) is 8.53. The second kappa shape index (κ2) is 6.85. The number of nitrogens with zero attached hydrogens (tertiary/aromatic N) is 3. The maximum absolute atomic E-state index is 5.78. The van der Waals surface area contributed by atoms with E-state index in [9.17, 15) is 0 Å². The second-order valence-electron chi connectivity index (χ2n) is 6.19. The van der Waals surface area contributed by atoms with Gasteiger partial charge in [0.25, 0.3) is 0 Å². The molecule has 1 N–H and O–H groups in total. The van der Waals surface area contributed by atoms with E-state index in [-0.39, 0.29) is 5.79 Å². The molecule has 7 heteroatoms. The second-order valence-corrected chi connectivity index (χ2v) is 6.19. The minimum atomic E-state index is -0.370. The lowest BCUT2D eigenvalue weighted by Crippen LogP contribution is -2.45. The molecule has 2 aromatic rings. The van der Waals surface area contributed by atoms with E-state index in [0.29, 0.717) is 19.2 Å². The first-order valence-corrected chi connectivity index (χ1v) is 8.53. The van der Waals surface area contributed by atoms with Crippen molar-refractivity contribution in [2.24, 2.45) is 0 Å². The van der Waals surface area contributed by atoms with Crippen LogP contribution in [-0.2, 0) is 9.47 Å². The summed E-state index contributed by atoms with van der Waals surface area (Å²) in [6.07, 6.45) is 3.49. The van der Waals surface area contributed by atoms with E-state index in [4.69, 9.17) is 14.2 Å². The lowest BCUT2D eigenvalue weighted by atomic mass is 10.0. The Bertz CT molecular complexity index is 724. The largest absolute Gasteiger partial charge is 0.497 e. The first kappa shape index (κ1) is 16.1. The predicted octanol–water partition coefficient (Wildman–Crippen LogP) is 2.57. The number of rotatable bonds is 4. The van der Waals surface area contributed by atoms with Gasteiger partial charge < -0.3 is 24.4 Å². The fourth-order valence-corrected chi connectivity index (χ4v) is 3.28. The van der Waals surface area contributed by atoms with Crippen molar-refractivity contribution in [3.63, 3.8) is 0 Å². The van der Waals surface area contributed by atoms with Gasteiger partial charge in [0, 0.05) is 43.9 Å². The average molecular weight is 342 g/mol. The molecule has 0 atom stereocenters. The molecule has 1 spiro atoms. The van der Waals surface area contributed by atoms with Crippen LogP contribution < -0.4 is 15.0 Å². The molecule has 2 aliphatic rings. The fraction of sp³-hybridized carbons (Fsp3) is 0.444. The molecule has 0 amide bonds. The van der Waals surface area contributed by atoms with Crippen LogP contribution >= 0.6 is 0 Å². The standard InChI is InChI=1S/C18H22N4O3/c1-23-15-4-2-3-14(13-15)20-17-19-8-5-16(21-17)22-9-6-18(7-10-22)24-11-12-25-18/h2-5,8,13H,6-7,9-12H2,1H3,(H,19,20,21). The molecule has 132 valence electrons. The number of methoxy groups -OCH3 is 1. The van der Waals surface area contributed by atoms with Gasteiger partial charge in [0.15, 0.2) is 5.79 Å². The van der Waals surface area contributed by atoms with E-state index in [2.05, 4.69) is 20.2 Å². The minimum Gasteiger partial charge on any atom is -0.497 e. The van der Waals surface area contributed by atoms with E-state index >= 15 is 0 Å². The van der Waals surface area contributed by atoms with Gasteiger partial charge in [-0.3, -0.25) is 0 Å². The highest BCUT2D eigenvalue weighted by molar-refractivity contribution is 5.57. The summed E-state index contributed by atoms with van der Waals surface area (Å²) in [5, 5.41) is 3.23. The highest BCUT2D eigenvalue weighted by Gasteiger charge is 2.40. The van der Waals surface area contributed by atoms with Crippen LogP contribution in [0.15, 0.2) is 36.5 Å². The Balaban J connectivity index is 1.44. The Morgan fingerprint density at radius 3 is 2.72 bits per heavy atom. The minimum absolute atomic E-state index is 0.370. The number of piperidine rings is 1. The monoisotopic (exact) mass is 342 g/mol. The molecule has 2 fully saturated rings. The van der Waals surface area contributed by atoms with Gasteiger partial charge in [-0.15, -0.1) is 0 Å². The van der Waals surface area contributed by atoms with Gasteiger partial charge in [-0.05, 0) is 18.2 Å². The fourth-order valence-electron chi connectivity index (χ4n) is 3.28. The van der Waals surface area contributed by atoms with Crippen LogP contribution in [0.2, 0.25) is 0 Å². The lowest BCUT2D eigenvalue weighted by Gasteiger charge is -2.38. The van der Waals surface area contributed by atoms with Gasteiger partial charge in [0.2, 0.25) is 5.95 Å². The summed E-state index contributed by atoms with van der Waals surface area (Å²) in [7, 11) is 1.65. The summed E-state index contributed by atoms with van der Waals surface area (Å²) in [5.74, 6) is 1.90. The third-order valence-electron chi connectivity index (χ3n) is 4.63. The number of anilines is 3. The number of hydrogen-bond donors (Lipinski definition) is 1. The van der Waals surface area contributed by atoms with Crippen LogP contribution in [0.5, 0.6) is 5.75 Å². The predicted molar refractivity (Wildman–Crippen MR) is 94.4 cm³/mol. The number of ether oxygens (including phenoxy) is 3. The maximum Gasteiger partial charge on any atom is 0.229 e. The number of benzene rings is 1. The van der Waals surface area contributed by atoms with Crippen LogP contribution in [0.1, 0.15) is 12.8 Å². The van der Waals surface area contributed by atoms with Gasteiger partial charge in [-0.25, -0.2) is 4.98 Å². The Hall–Kier alpha value is -2.38. The first-order chi connectivity index (χ1) is 12.3. The lowest BCUT2D eigenvalue weighted by molar-refractivity contribution is -0.169. The SMILES string of the molecule is COc1cccc(Nc2nccc(N3CCC4(CC3)OCCO4)n2)c1. The van der Waals surface area contributed by atoms with Crippen molar-refractivity contribution in [2.75, 3.05) is 43.6 Å². The molecule has 0 bridgehead atoms. The molecule has 3 heterocycles. The summed E-state index contributed by atoms with van der Waals surface area (Å²) in [4.78, 5) is 11.2. The summed E-state index contributed by atoms with van der Waals surface area (Å²) >= 11 is 0. The molecule has 2 saturated heterocycles. The van der Waals surface area contributed by atoms with Gasteiger partial charge in [-0.2, -0.15) is 4.98 Å². The zero-order valence-corrected chi connectivity index (χ0v) is 14.3. The molecule has 0 aliphatic carbocycles. The van der Waals surface area contributed by atoms with Crippen LogP contribution in [0, 0.1) is 0 Å². The molecule has 2 aliphatic heterocycles. The maximum atomic E-state index is 5.78. The Morgan fingerprint density at radius 1 is 1.16 bits per heavy atom. The van der Waals surface area contributed by atoms with Crippen LogP contribution in [0.4, 0.5) is 17.5 Å². The van der Waals surface area contributed by atoms with Gasteiger partial charge in [-0.1, -0.05) is 6.07 Å². The quantitative estimate of drug-likeness (QED) is 0.916. The van der Waals surface area contributed by atoms with Gasteiger partial charge >= 0.3 is 0 Å². The Kier molecular flexibility index (Phi) is 4.42. The van der Waals surface area contributed by atoms with E-state index in [1.165, 1.54) is 0 Å². The topological polar surface area (TPSA) is 68.7 Å². The zero-order valence-electron chi connectivity index (χ0n) is 14.3. The molecule has 25 heavy (non-hydrogen) atoms. The van der Waals surface area contributed by atoms with Crippen molar-refractivity contribution in [3.05, 3.63) is 36.5 Å². The van der Waals surface area contributed by atoms with E-state index in [1.807, 2.05) is 30.3 Å². The Labute approximate surface area is 146 Å². The zero-order chi connectivity index (χ0) is 17.1. The molecule has 0 radical (unpaired) electrons. The van der Waals surface area contributed by atoms with Crippen molar-refractivity contribution < 1.29 is 14.2 Å². The molecule has 1 aromatic carbocycles. The average Bonchev–Trinajstić information content (AvgIpc) is 3.11. The molecule has 0 unspecified atom stereocenters. The van der Waals surface area contributed by atoms with Crippen LogP contribution in [-0.4, -0.2) is 49.2 Å². The third kappa shape index (κ3) is 3.52. The van der Waals surface area contributed by atoms with Crippen LogP contribution in [0.3, 0.4) is 0 Å². The normalized spacial score (nSPS) is 19.2. The van der Waals surface area contributed by atoms with E-state index < -0.39 is 0 Å². The highest BCUT2D eigenvalue weighted by Crippen LogP contribution is 2.32. The van der Waals surface area contributed by atoms with Crippen molar-refractivity contribution >= 4 is 17.5 Å². The van der Waals surface area contributed by atoms with E-state index in [1.54, 1.807) is 13.3 Å². The molecule has 1 aromatic heterocycles. The van der Waals surface area contributed by atoms with Crippen molar-refractivity contribution in [3.8, 4) is 5.75 Å². The number of nitrogens with one attached hydrogen (secondary N) is 1. The Morgan fingerprint density at radius 2 is 1.96 bits per heavy atom. The van der Waals surface area contributed by atoms with Crippen molar-refractivity contribution in [2.45, 2.75) is 18.6 Å². The van der Waals surface area contributed by atoms with Crippen LogP contribution in [0.25, 0.3) is 0 Å². The summed E-state index contributed by atoms with van der Waals surface area (Å²) in [6.45, 7) is 3.11. The highest BCUT2D eigenvalue weighted by atomic mass is 16.7. The molecule has 7 nitrogen and oxygen atoms in total. The van der Waals surface area contributed by atoms with Gasteiger partial charge in [0.1, 0.15) is 11.6 Å². The molecular weight excluding hydrogens is 320 g/mol. The van der Waals surface area contributed by atoms with Gasteiger partial charge in [0.05, 0.1) is 20.3 Å². The summed E-state index contributed by atoms with van der Waals surface area (Å²) < 4.78 is 16.8. The smallest absolute Gasteiger partial charge is 0.229 e. The summed E-state index contributed by atoms with van der Waals surface area (Å²) in [6, 6.07) is 9.63. The summed E-state index contributed by atoms with van der Waals surface area (Å²) in [5.41, 5.74) is 0.891. The number of aromatic nitrogens is 2.